The van der Waals surface area contributed by atoms with Crippen molar-refractivity contribution in [2.75, 3.05) is 11.1 Å². The van der Waals surface area contributed by atoms with E-state index in [1.165, 1.54) is 6.20 Å². The first-order valence-electron chi connectivity index (χ1n) is 6.21. The topological polar surface area (TPSA) is 80.9 Å². The molecule has 1 amide bonds. The van der Waals surface area contributed by atoms with Crippen molar-refractivity contribution in [2.24, 2.45) is 0 Å². The molecule has 21 heavy (non-hydrogen) atoms. The highest BCUT2D eigenvalue weighted by molar-refractivity contribution is 6.28. The fraction of sp³-hybridized carbons (Fsp3) is 0. The smallest absolute Gasteiger partial charge is 0.258 e. The molecule has 0 spiro atoms. The lowest BCUT2D eigenvalue weighted by Crippen LogP contribution is -2.15. The Morgan fingerprint density at radius 1 is 1.14 bits per heavy atom. The van der Waals surface area contributed by atoms with Crippen molar-refractivity contribution < 1.29 is 4.79 Å². The van der Waals surface area contributed by atoms with Crippen LogP contribution in [0.5, 0.6) is 0 Å². The van der Waals surface area contributed by atoms with Gasteiger partial charge in [0.2, 0.25) is 5.28 Å². The zero-order valence-electron chi connectivity index (χ0n) is 10.9. The highest BCUT2D eigenvalue weighted by atomic mass is 35.5. The molecule has 5 nitrogen and oxygen atoms in total. The highest BCUT2D eigenvalue weighted by Crippen LogP contribution is 2.22. The van der Waals surface area contributed by atoms with Crippen LogP contribution in [-0.2, 0) is 0 Å². The Balaban J connectivity index is 1.96. The van der Waals surface area contributed by atoms with E-state index < -0.39 is 0 Å². The van der Waals surface area contributed by atoms with Gasteiger partial charge in [-0.05, 0) is 40.6 Å². The van der Waals surface area contributed by atoms with Gasteiger partial charge in [0.05, 0.1) is 5.56 Å². The first kappa shape index (κ1) is 13.3. The maximum absolute atomic E-state index is 12.3. The summed E-state index contributed by atoms with van der Waals surface area (Å²) < 4.78 is 0. The summed E-state index contributed by atoms with van der Waals surface area (Å²) in [6.45, 7) is 0. The van der Waals surface area contributed by atoms with Crippen LogP contribution >= 0.6 is 11.6 Å². The Morgan fingerprint density at radius 2 is 1.86 bits per heavy atom. The second-order valence-corrected chi connectivity index (χ2v) is 4.79. The van der Waals surface area contributed by atoms with E-state index in [1.807, 2.05) is 24.3 Å². The molecule has 0 aliphatic carbocycles. The summed E-state index contributed by atoms with van der Waals surface area (Å²) in [5.74, 6) is -0.0134. The van der Waals surface area contributed by atoms with E-state index in [4.69, 9.17) is 17.3 Å². The molecule has 104 valence electrons. The van der Waals surface area contributed by atoms with Crippen LogP contribution in [0.25, 0.3) is 10.8 Å². The Morgan fingerprint density at radius 3 is 2.57 bits per heavy atom. The van der Waals surface area contributed by atoms with Crippen LogP contribution in [0, 0.1) is 0 Å². The van der Waals surface area contributed by atoms with Crippen LogP contribution < -0.4 is 11.1 Å². The number of nitrogens with two attached hydrogens (primary N) is 1. The highest BCUT2D eigenvalue weighted by Gasteiger charge is 2.12. The minimum Gasteiger partial charge on any atom is -0.398 e. The number of nitrogens with one attached hydrogen (secondary N) is 1. The van der Waals surface area contributed by atoms with Gasteiger partial charge >= 0.3 is 0 Å². The number of hydrogen-bond donors (Lipinski definition) is 2. The van der Waals surface area contributed by atoms with Crippen LogP contribution in [0.4, 0.5) is 11.5 Å². The molecule has 0 fully saturated rings. The average Bonchev–Trinajstić information content (AvgIpc) is 2.46. The summed E-state index contributed by atoms with van der Waals surface area (Å²) in [5, 5.41) is 4.64. The van der Waals surface area contributed by atoms with Crippen LogP contribution in [0.15, 0.2) is 48.7 Å². The number of carbonyl (C=O) groups is 1. The summed E-state index contributed by atoms with van der Waals surface area (Å²) in [7, 11) is 0. The van der Waals surface area contributed by atoms with Gasteiger partial charge in [0.15, 0.2) is 0 Å². The summed E-state index contributed by atoms with van der Waals surface area (Å²) in [4.78, 5) is 20.0. The molecule has 1 aromatic heterocycles. The fourth-order valence-corrected chi connectivity index (χ4v) is 2.19. The maximum atomic E-state index is 12.3. The minimum absolute atomic E-state index is 0.0688. The summed E-state index contributed by atoms with van der Waals surface area (Å²) in [5.41, 5.74) is 6.75. The third kappa shape index (κ3) is 2.78. The van der Waals surface area contributed by atoms with E-state index in [-0.39, 0.29) is 11.2 Å². The monoisotopic (exact) mass is 298 g/mol. The quantitative estimate of drug-likeness (QED) is 0.562. The molecule has 0 radical (unpaired) electrons. The van der Waals surface area contributed by atoms with E-state index in [9.17, 15) is 4.79 Å². The Kier molecular flexibility index (Phi) is 3.41. The molecule has 1 heterocycles. The molecular formula is C15H11ClN4O. The molecule has 3 N–H and O–H groups in total. The number of carbonyl (C=O) groups excluding carboxylic acids is 1. The van der Waals surface area contributed by atoms with Gasteiger partial charge in [0.25, 0.3) is 5.91 Å². The number of halogens is 1. The molecule has 0 unspecified atom stereocenters. The Hall–Kier alpha value is -2.66. The van der Waals surface area contributed by atoms with Crippen molar-refractivity contribution in [3.63, 3.8) is 0 Å². The third-order valence-corrected chi connectivity index (χ3v) is 3.21. The second kappa shape index (κ2) is 5.38. The lowest BCUT2D eigenvalue weighted by Gasteiger charge is -2.08. The van der Waals surface area contributed by atoms with Gasteiger partial charge in [0.1, 0.15) is 5.82 Å². The summed E-state index contributed by atoms with van der Waals surface area (Å²) in [6.07, 6.45) is 1.47. The second-order valence-electron chi connectivity index (χ2n) is 4.45. The van der Waals surface area contributed by atoms with Crippen molar-refractivity contribution in [2.45, 2.75) is 0 Å². The molecule has 0 saturated heterocycles. The predicted molar refractivity (Wildman–Crippen MR) is 83.4 cm³/mol. The van der Waals surface area contributed by atoms with E-state index in [1.54, 1.807) is 18.2 Å². The van der Waals surface area contributed by atoms with E-state index >= 15 is 0 Å². The average molecular weight is 299 g/mol. The van der Waals surface area contributed by atoms with Crippen LogP contribution in [0.2, 0.25) is 5.28 Å². The number of aromatic nitrogens is 2. The van der Waals surface area contributed by atoms with E-state index in [0.717, 1.165) is 10.8 Å². The van der Waals surface area contributed by atoms with Gasteiger partial charge in [-0.25, -0.2) is 9.97 Å². The lowest BCUT2D eigenvalue weighted by atomic mass is 10.0. The number of nitrogen functional groups attached to an aromatic ring is 1. The van der Waals surface area contributed by atoms with Crippen molar-refractivity contribution in [1.82, 2.24) is 9.97 Å². The minimum atomic E-state index is -0.340. The number of benzene rings is 2. The van der Waals surface area contributed by atoms with Gasteiger partial charge in [0, 0.05) is 11.9 Å². The van der Waals surface area contributed by atoms with Gasteiger partial charge < -0.3 is 11.1 Å². The van der Waals surface area contributed by atoms with E-state index in [2.05, 4.69) is 15.3 Å². The standard InChI is InChI=1S/C15H11ClN4O/c16-15-18-6-5-13(20-15)19-14(21)11-7-9-3-1-2-4-10(9)8-12(11)17/h1-8H,17H2,(H,18,19,20,21). The number of anilines is 2. The number of hydrogen-bond acceptors (Lipinski definition) is 4. The zero-order valence-corrected chi connectivity index (χ0v) is 11.6. The number of nitrogens with zero attached hydrogens (tertiary/aromatic N) is 2. The molecule has 2 aromatic carbocycles. The van der Waals surface area contributed by atoms with Gasteiger partial charge in [-0.15, -0.1) is 0 Å². The van der Waals surface area contributed by atoms with Crippen molar-refractivity contribution >= 4 is 39.8 Å². The number of amides is 1. The van der Waals surface area contributed by atoms with Gasteiger partial charge in [-0.2, -0.15) is 0 Å². The van der Waals surface area contributed by atoms with Crippen LogP contribution in [-0.4, -0.2) is 15.9 Å². The van der Waals surface area contributed by atoms with Gasteiger partial charge in [-0.3, -0.25) is 4.79 Å². The molecule has 0 aliphatic heterocycles. The van der Waals surface area contributed by atoms with Crippen molar-refractivity contribution in [1.29, 1.82) is 0 Å². The Labute approximate surface area is 125 Å². The normalized spacial score (nSPS) is 10.5. The van der Waals surface area contributed by atoms with Crippen molar-refractivity contribution in [3.05, 3.63) is 59.5 Å². The first-order valence-corrected chi connectivity index (χ1v) is 6.59. The van der Waals surface area contributed by atoms with Crippen LogP contribution in [0.1, 0.15) is 10.4 Å². The number of rotatable bonds is 2. The summed E-state index contributed by atoms with van der Waals surface area (Å²) >= 11 is 5.69. The molecule has 0 saturated carbocycles. The number of fused-ring (bicyclic) bond motifs is 1. The predicted octanol–water partition coefficient (Wildman–Crippen LogP) is 3.12. The fourth-order valence-electron chi connectivity index (χ4n) is 2.04. The molecule has 0 bridgehead atoms. The zero-order chi connectivity index (χ0) is 14.8. The van der Waals surface area contributed by atoms with Crippen LogP contribution in [0.3, 0.4) is 0 Å². The molecule has 6 heteroatoms. The molecule has 3 rings (SSSR count). The van der Waals surface area contributed by atoms with Gasteiger partial charge in [-0.1, -0.05) is 24.3 Å². The third-order valence-electron chi connectivity index (χ3n) is 3.03. The molecule has 3 aromatic rings. The molecular weight excluding hydrogens is 288 g/mol. The molecule has 0 atom stereocenters. The largest absolute Gasteiger partial charge is 0.398 e. The SMILES string of the molecule is Nc1cc2ccccc2cc1C(=O)Nc1ccnc(Cl)n1. The maximum Gasteiger partial charge on any atom is 0.258 e. The summed E-state index contributed by atoms with van der Waals surface area (Å²) in [6, 6.07) is 12.8. The molecule has 0 aliphatic rings. The van der Waals surface area contributed by atoms with Crippen molar-refractivity contribution in [3.8, 4) is 0 Å². The lowest BCUT2D eigenvalue weighted by molar-refractivity contribution is 0.102. The van der Waals surface area contributed by atoms with E-state index in [0.29, 0.717) is 17.1 Å². The first-order chi connectivity index (χ1) is 10.1. The Bertz CT molecular complexity index is 835.